The van der Waals surface area contributed by atoms with Crippen molar-refractivity contribution in [1.82, 2.24) is 10.3 Å². The minimum atomic E-state index is -0.729. The largest absolute Gasteiger partial charge is 0.495 e. The van der Waals surface area contributed by atoms with Crippen LogP contribution in [0.3, 0.4) is 0 Å². The fraction of sp³-hybridized carbons (Fsp3) is 0.294. The highest BCUT2D eigenvalue weighted by Gasteiger charge is 2.25. The highest BCUT2D eigenvalue weighted by molar-refractivity contribution is 5.79. The molecule has 1 amide bonds. The van der Waals surface area contributed by atoms with Crippen LogP contribution in [0.25, 0.3) is 0 Å². The molecular weight excluding hydrogens is 318 g/mol. The predicted octanol–water partition coefficient (Wildman–Crippen LogP) is 2.03. The van der Waals surface area contributed by atoms with Gasteiger partial charge >= 0.3 is 0 Å². The number of halogens is 2. The summed E-state index contributed by atoms with van der Waals surface area (Å²) in [6, 6.07) is 5.08. The van der Waals surface area contributed by atoms with Gasteiger partial charge in [-0.2, -0.15) is 0 Å². The first-order valence-electron chi connectivity index (χ1n) is 7.44. The number of hydrogen-bond acceptors (Lipinski definition) is 4. The zero-order valence-corrected chi connectivity index (χ0v) is 13.0. The Morgan fingerprint density at radius 1 is 1.46 bits per heavy atom. The topological polar surface area (TPSA) is 60.5 Å². The molecule has 1 aromatic carbocycles. The Balaban J connectivity index is 1.65. The molecule has 24 heavy (non-hydrogen) atoms. The Kier molecular flexibility index (Phi) is 4.59. The number of aromatic nitrogens is 1. The molecule has 0 saturated carbocycles. The fourth-order valence-electron chi connectivity index (χ4n) is 2.70. The Bertz CT molecular complexity index is 767. The SMILES string of the molecule is COc1cccnc1CC(=O)NC1COc2c(F)cc(F)cc2C1. The third kappa shape index (κ3) is 3.45. The number of fused-ring (bicyclic) bond motifs is 1. The number of ether oxygens (including phenoxy) is 2. The fourth-order valence-corrected chi connectivity index (χ4v) is 2.70. The minimum absolute atomic E-state index is 0.0465. The van der Waals surface area contributed by atoms with Crippen LogP contribution in [0.4, 0.5) is 8.78 Å². The summed E-state index contributed by atoms with van der Waals surface area (Å²) in [7, 11) is 1.51. The average Bonchev–Trinajstić information content (AvgIpc) is 2.54. The normalized spacial score (nSPS) is 16.0. The van der Waals surface area contributed by atoms with Crippen LogP contribution in [0.5, 0.6) is 11.5 Å². The van der Waals surface area contributed by atoms with E-state index in [9.17, 15) is 13.6 Å². The molecule has 1 atom stereocenters. The van der Waals surface area contributed by atoms with E-state index in [1.165, 1.54) is 13.2 Å². The predicted molar refractivity (Wildman–Crippen MR) is 82.0 cm³/mol. The summed E-state index contributed by atoms with van der Waals surface area (Å²) in [5.74, 6) is -1.08. The highest BCUT2D eigenvalue weighted by atomic mass is 19.1. The van der Waals surface area contributed by atoms with Crippen molar-refractivity contribution < 1.29 is 23.0 Å². The third-order valence-electron chi connectivity index (χ3n) is 3.74. The van der Waals surface area contributed by atoms with E-state index >= 15 is 0 Å². The molecule has 126 valence electrons. The van der Waals surface area contributed by atoms with Gasteiger partial charge in [-0.15, -0.1) is 0 Å². The molecule has 3 rings (SSSR count). The van der Waals surface area contributed by atoms with Crippen molar-refractivity contribution in [2.24, 2.45) is 0 Å². The maximum atomic E-state index is 13.6. The zero-order valence-electron chi connectivity index (χ0n) is 13.0. The van der Waals surface area contributed by atoms with Gasteiger partial charge in [-0.1, -0.05) is 0 Å². The number of hydrogen-bond donors (Lipinski definition) is 1. The van der Waals surface area contributed by atoms with E-state index in [0.717, 1.165) is 6.07 Å². The van der Waals surface area contributed by atoms with E-state index in [-0.39, 0.29) is 30.7 Å². The average molecular weight is 334 g/mol. The molecule has 0 fully saturated rings. The molecule has 0 aliphatic carbocycles. The molecule has 5 nitrogen and oxygen atoms in total. The van der Waals surface area contributed by atoms with E-state index < -0.39 is 11.6 Å². The molecule has 1 N–H and O–H groups in total. The molecule has 2 aromatic rings. The third-order valence-corrected chi connectivity index (χ3v) is 3.74. The van der Waals surface area contributed by atoms with Crippen LogP contribution < -0.4 is 14.8 Å². The first-order chi connectivity index (χ1) is 11.6. The molecule has 0 radical (unpaired) electrons. The van der Waals surface area contributed by atoms with Crippen molar-refractivity contribution in [3.05, 3.63) is 53.4 Å². The molecule has 0 spiro atoms. The second-order valence-electron chi connectivity index (χ2n) is 5.48. The summed E-state index contributed by atoms with van der Waals surface area (Å²) >= 11 is 0. The number of carbonyl (C=O) groups excluding carboxylic acids is 1. The molecule has 7 heteroatoms. The van der Waals surface area contributed by atoms with Gasteiger partial charge in [0.1, 0.15) is 18.2 Å². The van der Waals surface area contributed by atoms with Gasteiger partial charge in [0.15, 0.2) is 11.6 Å². The smallest absolute Gasteiger partial charge is 0.226 e. The molecular formula is C17H16F2N2O3. The number of amides is 1. The summed E-state index contributed by atoms with van der Waals surface area (Å²) < 4.78 is 37.4. The Labute approximate surface area is 137 Å². The lowest BCUT2D eigenvalue weighted by Gasteiger charge is -2.26. The summed E-state index contributed by atoms with van der Waals surface area (Å²) in [6.07, 6.45) is 1.93. The summed E-state index contributed by atoms with van der Waals surface area (Å²) in [5, 5.41) is 2.79. The Hall–Kier alpha value is -2.70. The van der Waals surface area contributed by atoms with Crippen molar-refractivity contribution >= 4 is 5.91 Å². The molecule has 1 aromatic heterocycles. The number of carbonyl (C=O) groups is 1. The number of nitrogens with zero attached hydrogens (tertiary/aromatic N) is 1. The molecule has 2 heterocycles. The number of methoxy groups -OCH3 is 1. The van der Waals surface area contributed by atoms with Crippen LogP contribution >= 0.6 is 0 Å². The van der Waals surface area contributed by atoms with E-state index in [4.69, 9.17) is 9.47 Å². The quantitative estimate of drug-likeness (QED) is 0.929. The van der Waals surface area contributed by atoms with Gasteiger partial charge in [-0.25, -0.2) is 8.78 Å². The number of pyridine rings is 1. The summed E-state index contributed by atoms with van der Waals surface area (Å²) in [5.41, 5.74) is 0.922. The maximum Gasteiger partial charge on any atom is 0.226 e. The van der Waals surface area contributed by atoms with E-state index in [1.807, 2.05) is 0 Å². The number of nitrogens with one attached hydrogen (secondary N) is 1. The molecule has 1 unspecified atom stereocenters. The van der Waals surface area contributed by atoms with Crippen LogP contribution in [0.1, 0.15) is 11.3 Å². The Morgan fingerprint density at radius 2 is 2.29 bits per heavy atom. The zero-order chi connectivity index (χ0) is 17.1. The van der Waals surface area contributed by atoms with Crippen molar-refractivity contribution in [3.63, 3.8) is 0 Å². The highest BCUT2D eigenvalue weighted by Crippen LogP contribution is 2.29. The minimum Gasteiger partial charge on any atom is -0.495 e. The molecule has 1 aliphatic heterocycles. The molecule has 0 bridgehead atoms. The number of rotatable bonds is 4. The lowest BCUT2D eigenvalue weighted by atomic mass is 10.0. The van der Waals surface area contributed by atoms with Gasteiger partial charge < -0.3 is 14.8 Å². The first-order valence-corrected chi connectivity index (χ1v) is 7.44. The van der Waals surface area contributed by atoms with Gasteiger partial charge in [0.2, 0.25) is 5.91 Å². The number of benzene rings is 1. The van der Waals surface area contributed by atoms with Crippen molar-refractivity contribution in [2.75, 3.05) is 13.7 Å². The molecule has 1 aliphatic rings. The van der Waals surface area contributed by atoms with Crippen molar-refractivity contribution in [1.29, 1.82) is 0 Å². The lowest BCUT2D eigenvalue weighted by molar-refractivity contribution is -0.121. The summed E-state index contributed by atoms with van der Waals surface area (Å²) in [4.78, 5) is 16.3. The van der Waals surface area contributed by atoms with Crippen LogP contribution in [0, 0.1) is 11.6 Å². The van der Waals surface area contributed by atoms with Crippen molar-refractivity contribution in [2.45, 2.75) is 18.9 Å². The van der Waals surface area contributed by atoms with Crippen molar-refractivity contribution in [3.8, 4) is 11.5 Å². The van der Waals surface area contributed by atoms with Gasteiger partial charge in [0.05, 0.1) is 25.3 Å². The standard InChI is InChI=1S/C17H16F2N2O3/c1-23-15-3-2-4-20-14(15)8-16(22)21-12-6-10-5-11(18)7-13(19)17(10)24-9-12/h2-5,7,12H,6,8-9H2,1H3,(H,21,22). The van der Waals surface area contributed by atoms with Crippen LogP contribution in [-0.4, -0.2) is 30.6 Å². The Morgan fingerprint density at radius 3 is 3.08 bits per heavy atom. The van der Waals surface area contributed by atoms with Gasteiger partial charge in [0, 0.05) is 17.8 Å². The summed E-state index contributed by atoms with van der Waals surface area (Å²) in [6.45, 7) is 0.126. The molecule has 0 saturated heterocycles. The monoisotopic (exact) mass is 334 g/mol. The second kappa shape index (κ2) is 6.82. The van der Waals surface area contributed by atoms with Gasteiger partial charge in [-0.3, -0.25) is 9.78 Å². The van der Waals surface area contributed by atoms with Crippen LogP contribution in [-0.2, 0) is 17.6 Å². The van der Waals surface area contributed by atoms with E-state index in [0.29, 0.717) is 23.4 Å². The van der Waals surface area contributed by atoms with Crippen LogP contribution in [0.2, 0.25) is 0 Å². The lowest BCUT2D eigenvalue weighted by Crippen LogP contribution is -2.43. The van der Waals surface area contributed by atoms with Gasteiger partial charge in [0.25, 0.3) is 0 Å². The van der Waals surface area contributed by atoms with E-state index in [2.05, 4.69) is 10.3 Å². The van der Waals surface area contributed by atoms with Crippen LogP contribution in [0.15, 0.2) is 30.5 Å². The van der Waals surface area contributed by atoms with E-state index in [1.54, 1.807) is 18.3 Å². The maximum absolute atomic E-state index is 13.6. The first kappa shape index (κ1) is 16.2. The van der Waals surface area contributed by atoms with Gasteiger partial charge in [-0.05, 0) is 24.6 Å². The second-order valence-corrected chi connectivity index (χ2v) is 5.48.